The number of benzene rings is 1. The van der Waals surface area contributed by atoms with E-state index >= 15 is 0 Å². The molecule has 0 aromatic heterocycles. The molecule has 0 aliphatic heterocycles. The van der Waals surface area contributed by atoms with Gasteiger partial charge >= 0.3 is 5.97 Å². The van der Waals surface area contributed by atoms with Gasteiger partial charge in [0.15, 0.2) is 0 Å². The Morgan fingerprint density at radius 2 is 2.07 bits per heavy atom. The van der Waals surface area contributed by atoms with Gasteiger partial charge in [0.05, 0.1) is 20.1 Å². The van der Waals surface area contributed by atoms with E-state index in [1.807, 2.05) is 31.2 Å². The van der Waals surface area contributed by atoms with E-state index < -0.39 is 0 Å². The molecule has 0 radical (unpaired) electrons. The molecule has 0 unspecified atom stereocenters. The van der Waals surface area contributed by atoms with Crippen LogP contribution in [0.4, 0.5) is 0 Å². The third-order valence-corrected chi connectivity index (χ3v) is 1.83. The van der Waals surface area contributed by atoms with Crippen molar-refractivity contribution in [3.8, 4) is 5.75 Å². The van der Waals surface area contributed by atoms with Gasteiger partial charge in [0.25, 0.3) is 0 Å². The Bertz CT molecular complexity index is 307. The highest BCUT2D eigenvalue weighted by atomic mass is 16.5. The molecule has 0 fully saturated rings. The molecular weight excluding hydrogens is 180 g/mol. The zero-order valence-corrected chi connectivity index (χ0v) is 8.45. The molecule has 1 aromatic carbocycles. The van der Waals surface area contributed by atoms with E-state index in [9.17, 15) is 4.79 Å². The summed E-state index contributed by atoms with van der Waals surface area (Å²) in [6.45, 7) is 2.51. The molecule has 1 rings (SSSR count). The maximum Gasteiger partial charge on any atom is 0.310 e. The number of rotatable bonds is 4. The average Bonchev–Trinajstić information content (AvgIpc) is 2.21. The fourth-order valence-electron chi connectivity index (χ4n) is 1.17. The van der Waals surface area contributed by atoms with Gasteiger partial charge in [-0.15, -0.1) is 0 Å². The molecule has 3 nitrogen and oxygen atoms in total. The van der Waals surface area contributed by atoms with Crippen LogP contribution in [0.25, 0.3) is 0 Å². The van der Waals surface area contributed by atoms with Crippen molar-refractivity contribution in [2.75, 3.05) is 13.7 Å². The minimum atomic E-state index is -0.253. The van der Waals surface area contributed by atoms with Crippen molar-refractivity contribution in [2.45, 2.75) is 13.3 Å². The quantitative estimate of drug-likeness (QED) is 0.685. The number of methoxy groups -OCH3 is 1. The van der Waals surface area contributed by atoms with Crippen molar-refractivity contribution < 1.29 is 14.3 Å². The molecule has 76 valence electrons. The lowest BCUT2D eigenvalue weighted by Gasteiger charge is -2.08. The zero-order valence-electron chi connectivity index (χ0n) is 8.45. The Hall–Kier alpha value is -1.51. The molecule has 0 saturated carbocycles. The van der Waals surface area contributed by atoms with Gasteiger partial charge < -0.3 is 9.47 Å². The third kappa shape index (κ3) is 2.76. The summed E-state index contributed by atoms with van der Waals surface area (Å²) in [5.74, 6) is 0.498. The summed E-state index contributed by atoms with van der Waals surface area (Å²) < 4.78 is 9.97. The molecule has 0 atom stereocenters. The number of ether oxygens (including phenoxy) is 2. The fraction of sp³-hybridized carbons (Fsp3) is 0.364. The Balaban J connectivity index is 2.78. The van der Waals surface area contributed by atoms with Crippen molar-refractivity contribution in [3.63, 3.8) is 0 Å². The largest absolute Gasteiger partial charge is 0.494 e. The van der Waals surface area contributed by atoms with Crippen molar-refractivity contribution in [1.29, 1.82) is 0 Å². The van der Waals surface area contributed by atoms with E-state index in [-0.39, 0.29) is 12.4 Å². The van der Waals surface area contributed by atoms with Crippen molar-refractivity contribution in [2.24, 2.45) is 0 Å². The van der Waals surface area contributed by atoms with Gasteiger partial charge in [-0.05, 0) is 13.0 Å². The SMILES string of the molecule is CCOc1ccccc1CC(=O)OC. The van der Waals surface area contributed by atoms with E-state index in [4.69, 9.17) is 4.74 Å². The van der Waals surface area contributed by atoms with Crippen LogP contribution < -0.4 is 4.74 Å². The smallest absolute Gasteiger partial charge is 0.310 e. The van der Waals surface area contributed by atoms with Crippen LogP contribution in [-0.4, -0.2) is 19.7 Å². The van der Waals surface area contributed by atoms with Gasteiger partial charge in [-0.1, -0.05) is 18.2 Å². The van der Waals surface area contributed by atoms with Gasteiger partial charge in [-0.25, -0.2) is 0 Å². The van der Waals surface area contributed by atoms with Gasteiger partial charge in [0, 0.05) is 5.56 Å². The van der Waals surface area contributed by atoms with E-state index in [0.717, 1.165) is 11.3 Å². The summed E-state index contributed by atoms with van der Waals surface area (Å²) in [7, 11) is 1.38. The molecule has 0 saturated heterocycles. The summed E-state index contributed by atoms with van der Waals surface area (Å²) >= 11 is 0. The highest BCUT2D eigenvalue weighted by Gasteiger charge is 2.07. The van der Waals surface area contributed by atoms with E-state index in [1.165, 1.54) is 7.11 Å². The first kappa shape index (κ1) is 10.6. The highest BCUT2D eigenvalue weighted by molar-refractivity contribution is 5.73. The molecule has 0 N–H and O–H groups in total. The summed E-state index contributed by atoms with van der Waals surface area (Å²) in [5.41, 5.74) is 0.862. The zero-order chi connectivity index (χ0) is 10.4. The first-order valence-electron chi connectivity index (χ1n) is 4.55. The second-order valence-electron chi connectivity index (χ2n) is 2.79. The normalized spacial score (nSPS) is 9.57. The number of hydrogen-bond acceptors (Lipinski definition) is 3. The predicted octanol–water partition coefficient (Wildman–Crippen LogP) is 1.80. The Labute approximate surface area is 83.6 Å². The van der Waals surface area contributed by atoms with Crippen molar-refractivity contribution in [3.05, 3.63) is 29.8 Å². The molecule has 1 aromatic rings. The predicted molar refractivity (Wildman–Crippen MR) is 53.3 cm³/mol. The summed E-state index contributed by atoms with van der Waals surface area (Å²) in [6, 6.07) is 7.47. The van der Waals surface area contributed by atoms with Crippen LogP contribution >= 0.6 is 0 Å². The number of carbonyl (C=O) groups excluding carboxylic acids is 1. The lowest BCUT2D eigenvalue weighted by atomic mass is 10.1. The topological polar surface area (TPSA) is 35.5 Å². The van der Waals surface area contributed by atoms with Crippen LogP contribution in [0.5, 0.6) is 5.75 Å². The minimum Gasteiger partial charge on any atom is -0.494 e. The third-order valence-electron chi connectivity index (χ3n) is 1.83. The van der Waals surface area contributed by atoms with Crippen molar-refractivity contribution >= 4 is 5.97 Å². The monoisotopic (exact) mass is 194 g/mol. The van der Waals surface area contributed by atoms with Gasteiger partial charge in [0.2, 0.25) is 0 Å². The lowest BCUT2D eigenvalue weighted by molar-refractivity contribution is -0.139. The molecule has 3 heteroatoms. The number of hydrogen-bond donors (Lipinski definition) is 0. The maximum absolute atomic E-state index is 11.1. The van der Waals surface area contributed by atoms with Crippen molar-refractivity contribution in [1.82, 2.24) is 0 Å². The van der Waals surface area contributed by atoms with Gasteiger partial charge in [-0.3, -0.25) is 4.79 Å². The Morgan fingerprint density at radius 1 is 1.36 bits per heavy atom. The minimum absolute atomic E-state index is 0.253. The van der Waals surface area contributed by atoms with Gasteiger partial charge in [0.1, 0.15) is 5.75 Å². The van der Waals surface area contributed by atoms with E-state index in [2.05, 4.69) is 4.74 Å². The summed E-state index contributed by atoms with van der Waals surface area (Å²) in [6.07, 6.45) is 0.257. The number of para-hydroxylation sites is 1. The molecule has 0 aliphatic rings. The van der Waals surface area contributed by atoms with Crippen LogP contribution in [-0.2, 0) is 16.0 Å². The second kappa shape index (κ2) is 5.27. The molecule has 0 bridgehead atoms. The van der Waals surface area contributed by atoms with Crippen LogP contribution in [0, 0.1) is 0 Å². The molecule has 0 aliphatic carbocycles. The van der Waals surface area contributed by atoms with Gasteiger partial charge in [-0.2, -0.15) is 0 Å². The molecule has 0 spiro atoms. The lowest BCUT2D eigenvalue weighted by Crippen LogP contribution is -2.06. The number of esters is 1. The standard InChI is InChI=1S/C11H14O3/c1-3-14-10-7-5-4-6-9(10)8-11(12)13-2/h4-7H,3,8H2,1-2H3. The average molecular weight is 194 g/mol. The Kier molecular flexibility index (Phi) is 3.98. The molecule has 14 heavy (non-hydrogen) atoms. The second-order valence-corrected chi connectivity index (χ2v) is 2.79. The first-order chi connectivity index (χ1) is 6.77. The Morgan fingerprint density at radius 3 is 2.71 bits per heavy atom. The van der Waals surface area contributed by atoms with Crippen LogP contribution in [0.1, 0.15) is 12.5 Å². The fourth-order valence-corrected chi connectivity index (χ4v) is 1.17. The molecule has 0 heterocycles. The van der Waals surface area contributed by atoms with Crippen LogP contribution in [0.15, 0.2) is 24.3 Å². The summed E-state index contributed by atoms with van der Waals surface area (Å²) in [5, 5.41) is 0. The first-order valence-corrected chi connectivity index (χ1v) is 4.55. The number of carbonyl (C=O) groups is 1. The molecular formula is C11H14O3. The van der Waals surface area contributed by atoms with Crippen LogP contribution in [0.2, 0.25) is 0 Å². The highest BCUT2D eigenvalue weighted by Crippen LogP contribution is 2.18. The maximum atomic E-state index is 11.1. The summed E-state index contributed by atoms with van der Waals surface area (Å²) in [4.78, 5) is 11.1. The van der Waals surface area contributed by atoms with E-state index in [1.54, 1.807) is 0 Å². The van der Waals surface area contributed by atoms with E-state index in [0.29, 0.717) is 6.61 Å². The molecule has 0 amide bonds. The van der Waals surface area contributed by atoms with Crippen LogP contribution in [0.3, 0.4) is 0 Å².